The second-order valence-electron chi connectivity index (χ2n) is 6.14. The van der Waals surface area contributed by atoms with Crippen LogP contribution >= 0.6 is 11.3 Å². The first-order chi connectivity index (χ1) is 14.4. The van der Waals surface area contributed by atoms with Crippen LogP contribution in [-0.2, 0) is 17.1 Å². The third-order valence-electron chi connectivity index (χ3n) is 3.93. The molecule has 0 fully saturated rings. The molecule has 0 saturated carbocycles. The Morgan fingerprint density at radius 1 is 1.13 bits per heavy atom. The summed E-state index contributed by atoms with van der Waals surface area (Å²) in [4.78, 5) is 16.1. The number of halogens is 6. The van der Waals surface area contributed by atoms with Crippen LogP contribution in [0.5, 0.6) is 0 Å². The van der Waals surface area contributed by atoms with E-state index in [4.69, 9.17) is 9.26 Å². The zero-order valence-corrected chi connectivity index (χ0v) is 16.6. The number of aryl methyl sites for hydroxylation is 1. The Kier molecular flexibility index (Phi) is 5.98. The van der Waals surface area contributed by atoms with Gasteiger partial charge >= 0.3 is 18.3 Å². The van der Waals surface area contributed by atoms with E-state index < -0.39 is 35.1 Å². The van der Waals surface area contributed by atoms with Gasteiger partial charge in [-0.25, -0.2) is 9.78 Å². The maximum absolute atomic E-state index is 13.0. The lowest BCUT2D eigenvalue weighted by molar-refractivity contribution is -0.143. The van der Waals surface area contributed by atoms with Gasteiger partial charge in [-0.15, -0.1) is 11.3 Å². The van der Waals surface area contributed by atoms with Crippen LogP contribution in [-0.4, -0.2) is 22.7 Å². The number of rotatable bonds is 5. The van der Waals surface area contributed by atoms with Gasteiger partial charge in [0, 0.05) is 11.1 Å². The van der Waals surface area contributed by atoms with E-state index in [0.29, 0.717) is 12.1 Å². The van der Waals surface area contributed by atoms with Crippen molar-refractivity contribution >= 4 is 28.1 Å². The summed E-state index contributed by atoms with van der Waals surface area (Å²) < 4.78 is 88.0. The van der Waals surface area contributed by atoms with E-state index in [1.54, 1.807) is 6.92 Å². The van der Waals surface area contributed by atoms with Gasteiger partial charge in [0.05, 0.1) is 29.0 Å². The Balaban J connectivity index is 1.96. The average molecular weight is 465 g/mol. The summed E-state index contributed by atoms with van der Waals surface area (Å²) in [5.74, 6) is -0.525. The predicted molar refractivity (Wildman–Crippen MR) is 98.0 cm³/mol. The Morgan fingerprint density at radius 3 is 2.29 bits per heavy atom. The largest absolute Gasteiger partial charge is 0.461 e. The summed E-state index contributed by atoms with van der Waals surface area (Å²) in [5, 5.41) is 7.52. The molecule has 13 heteroatoms. The highest BCUT2D eigenvalue weighted by molar-refractivity contribution is 7.14. The van der Waals surface area contributed by atoms with E-state index in [9.17, 15) is 31.1 Å². The number of alkyl halides is 6. The van der Waals surface area contributed by atoms with E-state index >= 15 is 0 Å². The second kappa shape index (κ2) is 8.21. The van der Waals surface area contributed by atoms with Crippen LogP contribution in [0.2, 0.25) is 0 Å². The number of aromatic nitrogens is 2. The fourth-order valence-corrected chi connectivity index (χ4v) is 3.33. The first-order valence-electron chi connectivity index (χ1n) is 8.56. The molecule has 166 valence electrons. The molecule has 31 heavy (non-hydrogen) atoms. The third-order valence-corrected chi connectivity index (χ3v) is 4.69. The Morgan fingerprint density at radius 2 is 1.74 bits per heavy atom. The highest BCUT2D eigenvalue weighted by atomic mass is 32.1. The van der Waals surface area contributed by atoms with Crippen molar-refractivity contribution in [2.45, 2.75) is 26.2 Å². The van der Waals surface area contributed by atoms with Crippen molar-refractivity contribution in [3.8, 4) is 11.3 Å². The first kappa shape index (κ1) is 22.6. The second-order valence-corrected chi connectivity index (χ2v) is 7.00. The molecule has 0 spiro atoms. The fourth-order valence-electron chi connectivity index (χ4n) is 2.61. The number of esters is 1. The minimum absolute atomic E-state index is 0.00198. The van der Waals surface area contributed by atoms with Gasteiger partial charge < -0.3 is 14.6 Å². The van der Waals surface area contributed by atoms with E-state index in [0.717, 1.165) is 11.3 Å². The molecule has 0 aliphatic rings. The van der Waals surface area contributed by atoms with Gasteiger partial charge in [-0.1, -0.05) is 5.16 Å². The summed E-state index contributed by atoms with van der Waals surface area (Å²) in [6.45, 7) is 3.20. The maximum atomic E-state index is 13.0. The van der Waals surface area contributed by atoms with Crippen LogP contribution in [0.3, 0.4) is 0 Å². The summed E-state index contributed by atoms with van der Waals surface area (Å²) in [6, 6.07) is 1.13. The number of anilines is 2. The third kappa shape index (κ3) is 4.98. The molecule has 1 aromatic carbocycles. The molecule has 0 aliphatic heterocycles. The summed E-state index contributed by atoms with van der Waals surface area (Å²) in [5.41, 5.74) is -3.10. The normalized spacial score (nSPS) is 12.1. The van der Waals surface area contributed by atoms with Gasteiger partial charge in [0.1, 0.15) is 5.76 Å². The molecule has 2 aromatic heterocycles. The quantitative estimate of drug-likeness (QED) is 0.364. The standard InChI is InChI=1S/C18H13F6N3O3S/c1-3-29-15(28)14-13(8(2)30-27-14)12-7-31-16(26-12)25-11-5-9(17(19,20)21)4-10(6-11)18(22,23)24/h4-7H,3H2,1-2H3,(H,25,26). The average Bonchev–Trinajstić information content (AvgIpc) is 3.26. The molecule has 0 bridgehead atoms. The molecule has 1 N–H and O–H groups in total. The summed E-state index contributed by atoms with van der Waals surface area (Å²) in [7, 11) is 0. The predicted octanol–water partition coefficient (Wildman–Crippen LogP) is 6.06. The van der Waals surface area contributed by atoms with E-state index in [1.165, 1.54) is 12.3 Å². The van der Waals surface area contributed by atoms with Gasteiger partial charge in [-0.05, 0) is 32.0 Å². The number of nitrogens with one attached hydrogen (secondary N) is 1. The number of hydrogen-bond acceptors (Lipinski definition) is 7. The number of nitrogens with zero attached hydrogens (tertiary/aromatic N) is 2. The van der Waals surface area contributed by atoms with E-state index in [1.807, 2.05) is 0 Å². The zero-order valence-electron chi connectivity index (χ0n) is 15.8. The van der Waals surface area contributed by atoms with Crippen molar-refractivity contribution in [2.75, 3.05) is 11.9 Å². The molecule has 0 amide bonds. The lowest BCUT2D eigenvalue weighted by atomic mass is 10.1. The van der Waals surface area contributed by atoms with Crippen molar-refractivity contribution in [3.63, 3.8) is 0 Å². The zero-order chi connectivity index (χ0) is 23.0. The lowest BCUT2D eigenvalue weighted by Gasteiger charge is -2.14. The van der Waals surface area contributed by atoms with Crippen LogP contribution in [0.4, 0.5) is 37.2 Å². The molecule has 0 aliphatic carbocycles. The van der Waals surface area contributed by atoms with Gasteiger partial charge in [0.25, 0.3) is 0 Å². The van der Waals surface area contributed by atoms with Gasteiger partial charge in [0.15, 0.2) is 5.13 Å². The van der Waals surface area contributed by atoms with Gasteiger partial charge in [0.2, 0.25) is 5.69 Å². The van der Waals surface area contributed by atoms with Crippen LogP contribution in [0, 0.1) is 6.92 Å². The molecule has 0 saturated heterocycles. The molecule has 0 radical (unpaired) electrons. The minimum Gasteiger partial charge on any atom is -0.461 e. The maximum Gasteiger partial charge on any atom is 0.416 e. The summed E-state index contributed by atoms with van der Waals surface area (Å²) >= 11 is 0.906. The van der Waals surface area contributed by atoms with Crippen molar-refractivity contribution < 1.29 is 40.4 Å². The van der Waals surface area contributed by atoms with E-state index in [2.05, 4.69) is 15.5 Å². The first-order valence-corrected chi connectivity index (χ1v) is 9.44. The number of hydrogen-bond donors (Lipinski definition) is 1. The van der Waals surface area contributed by atoms with E-state index in [-0.39, 0.29) is 40.5 Å². The van der Waals surface area contributed by atoms with Crippen molar-refractivity contribution in [1.29, 1.82) is 0 Å². The summed E-state index contributed by atoms with van der Waals surface area (Å²) in [6.07, 6.45) is -9.94. The van der Waals surface area contributed by atoms with Crippen LogP contribution < -0.4 is 5.32 Å². The highest BCUT2D eigenvalue weighted by Crippen LogP contribution is 2.39. The Labute approximate surface area is 174 Å². The number of ether oxygens (including phenoxy) is 1. The number of benzene rings is 1. The highest BCUT2D eigenvalue weighted by Gasteiger charge is 2.37. The molecule has 0 atom stereocenters. The molecule has 6 nitrogen and oxygen atoms in total. The number of carbonyl (C=O) groups excluding carboxylic acids is 1. The molecule has 3 rings (SSSR count). The number of carbonyl (C=O) groups is 1. The minimum atomic E-state index is -4.97. The van der Waals surface area contributed by atoms with Crippen molar-refractivity contribution in [2.24, 2.45) is 0 Å². The lowest BCUT2D eigenvalue weighted by Crippen LogP contribution is -2.11. The monoisotopic (exact) mass is 465 g/mol. The molecule has 2 heterocycles. The Hall–Kier alpha value is -3.09. The van der Waals surface area contributed by atoms with Crippen LogP contribution in [0.15, 0.2) is 28.1 Å². The molecule has 0 unspecified atom stereocenters. The SMILES string of the molecule is CCOC(=O)c1noc(C)c1-c1csc(Nc2cc(C(F)(F)F)cc(C(F)(F)F)c2)n1. The number of thiazole rings is 1. The van der Waals surface area contributed by atoms with Gasteiger partial charge in [-0.2, -0.15) is 26.3 Å². The van der Waals surface area contributed by atoms with Crippen LogP contribution in [0.25, 0.3) is 11.3 Å². The van der Waals surface area contributed by atoms with Crippen molar-refractivity contribution in [3.05, 3.63) is 46.2 Å². The van der Waals surface area contributed by atoms with Crippen LogP contribution in [0.1, 0.15) is 34.3 Å². The van der Waals surface area contributed by atoms with Crippen molar-refractivity contribution in [1.82, 2.24) is 10.1 Å². The van der Waals surface area contributed by atoms with Gasteiger partial charge in [-0.3, -0.25) is 0 Å². The molecule has 3 aromatic rings. The molecular formula is C18H13F6N3O3S. The Bertz CT molecular complexity index is 1070. The fraction of sp³-hybridized carbons (Fsp3) is 0.278. The smallest absolute Gasteiger partial charge is 0.416 e. The molecular weight excluding hydrogens is 452 g/mol. The topological polar surface area (TPSA) is 77.2 Å².